The minimum atomic E-state index is -0.234. The third-order valence-electron chi connectivity index (χ3n) is 6.49. The van der Waals surface area contributed by atoms with Crippen LogP contribution < -0.4 is 0 Å². The van der Waals surface area contributed by atoms with Gasteiger partial charge in [-0.25, -0.2) is 9.07 Å². The van der Waals surface area contributed by atoms with Crippen molar-refractivity contribution in [2.75, 3.05) is 33.4 Å². The van der Waals surface area contributed by atoms with Crippen molar-refractivity contribution in [1.82, 2.24) is 14.7 Å². The third-order valence-corrected chi connectivity index (χ3v) is 6.49. The number of rotatable bonds is 7. The summed E-state index contributed by atoms with van der Waals surface area (Å²) in [5, 5.41) is 9.72. The number of oxime groups is 1. The molecule has 1 aromatic carbocycles. The third kappa shape index (κ3) is 4.53. The van der Waals surface area contributed by atoms with Crippen molar-refractivity contribution in [2.24, 2.45) is 11.1 Å². The van der Waals surface area contributed by atoms with E-state index in [2.05, 4.69) is 22.1 Å². The van der Waals surface area contributed by atoms with Crippen LogP contribution >= 0.6 is 0 Å². The summed E-state index contributed by atoms with van der Waals surface area (Å²) in [6.45, 7) is 8.23. The van der Waals surface area contributed by atoms with E-state index in [0.717, 1.165) is 74.7 Å². The Balaban J connectivity index is 1.49. The molecular formula is C24H33FN4O2. The highest BCUT2D eigenvalue weighted by molar-refractivity contribution is 5.96. The molecule has 0 saturated carbocycles. The van der Waals surface area contributed by atoms with Crippen LogP contribution in [0.1, 0.15) is 51.6 Å². The van der Waals surface area contributed by atoms with Crippen LogP contribution in [0.25, 0.3) is 10.9 Å². The minimum Gasteiger partial charge on any atom is -0.385 e. The molecular weight excluding hydrogens is 395 g/mol. The predicted molar refractivity (Wildman–Crippen MR) is 121 cm³/mol. The summed E-state index contributed by atoms with van der Waals surface area (Å²) >= 11 is 0. The Kier molecular flexibility index (Phi) is 7.02. The number of benzene rings is 1. The van der Waals surface area contributed by atoms with Crippen molar-refractivity contribution in [2.45, 2.75) is 52.4 Å². The Bertz CT molecular complexity index is 973. The van der Waals surface area contributed by atoms with Crippen LogP contribution in [-0.4, -0.2) is 53.9 Å². The van der Waals surface area contributed by atoms with Crippen LogP contribution in [0.4, 0.5) is 4.39 Å². The molecule has 0 bridgehead atoms. The van der Waals surface area contributed by atoms with Crippen molar-refractivity contribution in [1.29, 1.82) is 0 Å². The number of nitrogens with zero attached hydrogens (tertiary/aromatic N) is 4. The van der Waals surface area contributed by atoms with Gasteiger partial charge in [-0.3, -0.25) is 0 Å². The number of fused-ring (bicyclic) bond motifs is 1. The van der Waals surface area contributed by atoms with E-state index in [1.54, 1.807) is 17.9 Å². The predicted octanol–water partition coefficient (Wildman–Crippen LogP) is 4.73. The first kappa shape index (κ1) is 22.0. The first-order valence-electron chi connectivity index (χ1n) is 11.5. The maximum absolute atomic E-state index is 14.4. The molecule has 2 aromatic rings. The zero-order valence-electron chi connectivity index (χ0n) is 18.9. The van der Waals surface area contributed by atoms with Gasteiger partial charge in [0.15, 0.2) is 5.84 Å². The van der Waals surface area contributed by atoms with Gasteiger partial charge >= 0.3 is 0 Å². The first-order chi connectivity index (χ1) is 15.2. The highest BCUT2D eigenvalue weighted by atomic mass is 19.1. The summed E-state index contributed by atoms with van der Waals surface area (Å²) in [6, 6.07) is 5.11. The number of allylic oxidation sites excluding steroid dienone is 2. The zero-order chi connectivity index (χ0) is 21.8. The van der Waals surface area contributed by atoms with Gasteiger partial charge < -0.3 is 14.5 Å². The minimum absolute atomic E-state index is 0.234. The molecule has 2 aliphatic rings. The number of hydrogen-bond donors (Lipinski definition) is 0. The van der Waals surface area contributed by atoms with Gasteiger partial charge in [-0.1, -0.05) is 25.1 Å². The Hall–Kier alpha value is -2.25. The number of hydrogen-bond acceptors (Lipinski definition) is 5. The van der Waals surface area contributed by atoms with E-state index in [9.17, 15) is 4.39 Å². The molecule has 1 fully saturated rings. The van der Waals surface area contributed by atoms with Crippen molar-refractivity contribution in [3.8, 4) is 0 Å². The Morgan fingerprint density at radius 1 is 1.19 bits per heavy atom. The van der Waals surface area contributed by atoms with Gasteiger partial charge in [-0.2, -0.15) is 5.10 Å². The fourth-order valence-corrected chi connectivity index (χ4v) is 4.75. The van der Waals surface area contributed by atoms with Gasteiger partial charge in [-0.15, -0.1) is 0 Å². The summed E-state index contributed by atoms with van der Waals surface area (Å²) in [5.74, 6) is 1.95. The average Bonchev–Trinajstić information content (AvgIpc) is 3.19. The van der Waals surface area contributed by atoms with E-state index in [-0.39, 0.29) is 5.82 Å². The second-order valence-corrected chi connectivity index (χ2v) is 8.41. The molecule has 2 aliphatic heterocycles. The standard InChI is InChI=1S/C24H33FN4O2/c1-4-17-16-22(29-21-9-6-8-19(25)23(21)20(5-2)26-29)27-31-24(17)18-10-13-28(14-11-18)12-7-15-30-3/h6,8-9,18H,4-5,7,10-16H2,1-3H3. The number of aromatic nitrogens is 2. The molecule has 0 spiro atoms. The van der Waals surface area contributed by atoms with Crippen LogP contribution in [0.2, 0.25) is 0 Å². The molecule has 4 rings (SSSR count). The van der Waals surface area contributed by atoms with Gasteiger partial charge in [0.05, 0.1) is 16.6 Å². The maximum Gasteiger partial charge on any atom is 0.174 e. The van der Waals surface area contributed by atoms with Crippen molar-refractivity contribution in [3.05, 3.63) is 41.0 Å². The first-order valence-corrected chi connectivity index (χ1v) is 11.5. The SMILES string of the molecule is CCC1=C(C2CCN(CCCOC)CC2)ON=C(n2nc(CC)c3c(F)cccc32)C1. The zero-order valence-corrected chi connectivity index (χ0v) is 18.9. The number of aryl methyl sites for hydroxylation is 1. The molecule has 6 nitrogen and oxygen atoms in total. The van der Waals surface area contributed by atoms with Gasteiger partial charge in [0.2, 0.25) is 0 Å². The lowest BCUT2D eigenvalue weighted by molar-refractivity contribution is 0.116. The summed E-state index contributed by atoms with van der Waals surface area (Å²) in [6.07, 6.45) is 5.53. The fraction of sp³-hybridized carbons (Fsp3) is 0.583. The number of likely N-dealkylation sites (tertiary alicyclic amines) is 1. The lowest BCUT2D eigenvalue weighted by Gasteiger charge is -2.33. The van der Waals surface area contributed by atoms with E-state index in [0.29, 0.717) is 24.1 Å². The summed E-state index contributed by atoms with van der Waals surface area (Å²) in [7, 11) is 1.76. The quantitative estimate of drug-likeness (QED) is 0.598. The van der Waals surface area contributed by atoms with Gasteiger partial charge in [0, 0.05) is 32.6 Å². The lowest BCUT2D eigenvalue weighted by Crippen LogP contribution is -2.36. The molecule has 168 valence electrons. The number of methoxy groups -OCH3 is 1. The highest BCUT2D eigenvalue weighted by Crippen LogP contribution is 2.34. The molecule has 0 aliphatic carbocycles. The van der Waals surface area contributed by atoms with Gasteiger partial charge in [0.1, 0.15) is 11.6 Å². The summed E-state index contributed by atoms with van der Waals surface area (Å²) < 4.78 is 21.4. The van der Waals surface area contributed by atoms with Crippen LogP contribution in [0.15, 0.2) is 34.7 Å². The largest absolute Gasteiger partial charge is 0.385 e. The van der Waals surface area contributed by atoms with Crippen molar-refractivity contribution < 1.29 is 14.0 Å². The molecule has 7 heteroatoms. The smallest absolute Gasteiger partial charge is 0.174 e. The molecule has 0 atom stereocenters. The Morgan fingerprint density at radius 2 is 2.00 bits per heavy atom. The van der Waals surface area contributed by atoms with E-state index >= 15 is 0 Å². The summed E-state index contributed by atoms with van der Waals surface area (Å²) in [4.78, 5) is 8.53. The molecule has 0 unspecified atom stereocenters. The van der Waals surface area contributed by atoms with E-state index in [4.69, 9.17) is 9.57 Å². The maximum atomic E-state index is 14.4. The summed E-state index contributed by atoms with van der Waals surface area (Å²) in [5.41, 5.74) is 2.79. The molecule has 0 N–H and O–H groups in total. The fourth-order valence-electron chi connectivity index (χ4n) is 4.75. The van der Waals surface area contributed by atoms with E-state index in [1.807, 2.05) is 13.0 Å². The number of halogens is 1. The topological polar surface area (TPSA) is 51.9 Å². The van der Waals surface area contributed by atoms with Crippen LogP contribution in [-0.2, 0) is 16.0 Å². The second-order valence-electron chi connectivity index (χ2n) is 8.41. The van der Waals surface area contributed by atoms with Crippen LogP contribution in [0.5, 0.6) is 0 Å². The van der Waals surface area contributed by atoms with Crippen molar-refractivity contribution >= 4 is 16.7 Å². The molecule has 0 radical (unpaired) electrons. The monoisotopic (exact) mass is 428 g/mol. The number of piperidine rings is 1. The molecule has 0 amide bonds. The lowest BCUT2D eigenvalue weighted by atomic mass is 9.90. The normalized spacial score (nSPS) is 18.5. The Labute approximate surface area is 183 Å². The van der Waals surface area contributed by atoms with Crippen molar-refractivity contribution in [3.63, 3.8) is 0 Å². The van der Waals surface area contributed by atoms with E-state index < -0.39 is 0 Å². The van der Waals surface area contributed by atoms with E-state index in [1.165, 1.54) is 11.6 Å². The molecule has 1 aromatic heterocycles. The van der Waals surface area contributed by atoms with Crippen LogP contribution in [0, 0.1) is 11.7 Å². The number of ether oxygens (including phenoxy) is 1. The van der Waals surface area contributed by atoms with Gasteiger partial charge in [0.25, 0.3) is 0 Å². The second kappa shape index (κ2) is 9.92. The van der Waals surface area contributed by atoms with Crippen LogP contribution in [0.3, 0.4) is 0 Å². The average molecular weight is 429 g/mol. The van der Waals surface area contributed by atoms with Gasteiger partial charge in [-0.05, 0) is 62.9 Å². The molecule has 1 saturated heterocycles. The Morgan fingerprint density at radius 3 is 2.71 bits per heavy atom. The molecule has 31 heavy (non-hydrogen) atoms. The highest BCUT2D eigenvalue weighted by Gasteiger charge is 2.29. The molecule has 3 heterocycles.